The number of anilines is 1. The molecule has 0 fully saturated rings. The molecule has 0 unspecified atom stereocenters. The molecular weight excluding hydrogens is 563 g/mol. The monoisotopic (exact) mass is 571 g/mol. The summed E-state index contributed by atoms with van der Waals surface area (Å²) in [6.45, 7) is 0. The summed E-state index contributed by atoms with van der Waals surface area (Å²) in [6.07, 6.45) is 0. The van der Waals surface area contributed by atoms with Crippen molar-refractivity contribution < 1.29 is 9.59 Å². The molecule has 92 valence electrons. The van der Waals surface area contributed by atoms with E-state index in [-0.39, 0.29) is 0 Å². The van der Waals surface area contributed by atoms with Crippen molar-refractivity contribution in [3.8, 4) is 0 Å². The molecule has 8 heteroatoms. The smallest absolute Gasteiger partial charge is 0.250 e. The third kappa shape index (κ3) is 2.77. The summed E-state index contributed by atoms with van der Waals surface area (Å²) < 4.78 is 1.88. The van der Waals surface area contributed by atoms with E-state index in [0.29, 0.717) is 27.5 Å². The van der Waals surface area contributed by atoms with Crippen LogP contribution in [-0.2, 0) is 0 Å². The van der Waals surface area contributed by atoms with Gasteiger partial charge in [-0.05, 0) is 67.8 Å². The number of hydrogen-bond acceptors (Lipinski definition) is 3. The van der Waals surface area contributed by atoms with Crippen molar-refractivity contribution in [1.82, 2.24) is 0 Å². The van der Waals surface area contributed by atoms with Crippen molar-refractivity contribution in [2.45, 2.75) is 0 Å². The molecule has 17 heavy (non-hydrogen) atoms. The van der Waals surface area contributed by atoms with E-state index in [4.69, 9.17) is 11.5 Å². The zero-order valence-electron chi connectivity index (χ0n) is 8.61. The lowest BCUT2D eigenvalue weighted by molar-refractivity contribution is 0.0998. The molecule has 0 saturated carbocycles. The first kappa shape index (κ1) is 15.2. The van der Waals surface area contributed by atoms with E-state index in [1.807, 2.05) is 67.8 Å². The van der Waals surface area contributed by atoms with Crippen LogP contribution < -0.4 is 16.8 Å². The minimum absolute atomic E-state index is 0.324. The highest BCUT2D eigenvalue weighted by molar-refractivity contribution is 14.1. The molecule has 0 radical (unpaired) electrons. The Kier molecular flexibility index (Phi) is 5.24. The SMILES string of the molecule is CNc1c(I)c(C(N)=O)c(I)c(C(N)=O)c1I. The van der Waals surface area contributed by atoms with Crippen molar-refractivity contribution >= 4 is 85.3 Å². The van der Waals surface area contributed by atoms with Gasteiger partial charge in [0.2, 0.25) is 0 Å². The van der Waals surface area contributed by atoms with Crippen molar-refractivity contribution in [2.75, 3.05) is 12.4 Å². The summed E-state index contributed by atoms with van der Waals surface area (Å²) in [7, 11) is 1.71. The van der Waals surface area contributed by atoms with Crippen LogP contribution in [0.5, 0.6) is 0 Å². The number of carbonyl (C=O) groups excluding carboxylic acids is 2. The summed E-state index contributed by atoms with van der Waals surface area (Å²) in [5, 5.41) is 2.95. The third-order valence-corrected chi connectivity index (χ3v) is 5.30. The van der Waals surface area contributed by atoms with Gasteiger partial charge in [-0.3, -0.25) is 9.59 Å². The maximum absolute atomic E-state index is 11.4. The molecule has 1 aromatic rings. The van der Waals surface area contributed by atoms with Crippen LogP contribution in [0.2, 0.25) is 0 Å². The van der Waals surface area contributed by atoms with Crippen LogP contribution in [-0.4, -0.2) is 18.9 Å². The summed E-state index contributed by atoms with van der Waals surface area (Å²) in [5.74, 6) is -1.15. The van der Waals surface area contributed by atoms with Crippen molar-refractivity contribution in [1.29, 1.82) is 0 Å². The van der Waals surface area contributed by atoms with E-state index in [1.54, 1.807) is 7.05 Å². The number of amides is 2. The fourth-order valence-corrected chi connectivity index (χ4v) is 6.09. The first-order valence-corrected chi connectivity index (χ1v) is 7.54. The van der Waals surface area contributed by atoms with E-state index < -0.39 is 11.8 Å². The van der Waals surface area contributed by atoms with Gasteiger partial charge in [-0.25, -0.2) is 0 Å². The molecule has 0 aliphatic carbocycles. The lowest BCUT2D eigenvalue weighted by Gasteiger charge is -2.15. The molecule has 0 aromatic heterocycles. The minimum atomic E-state index is -0.575. The van der Waals surface area contributed by atoms with Gasteiger partial charge in [0.15, 0.2) is 0 Å². The number of hydrogen-bond donors (Lipinski definition) is 3. The van der Waals surface area contributed by atoms with E-state index in [9.17, 15) is 9.59 Å². The Balaban J connectivity index is 3.82. The predicted molar refractivity (Wildman–Crippen MR) is 91.2 cm³/mol. The highest BCUT2D eigenvalue weighted by Crippen LogP contribution is 2.34. The van der Waals surface area contributed by atoms with Crippen LogP contribution in [0.15, 0.2) is 0 Å². The quantitative estimate of drug-likeness (QED) is 0.483. The Bertz CT molecular complexity index is 476. The van der Waals surface area contributed by atoms with Gasteiger partial charge in [0.1, 0.15) is 0 Å². The molecule has 0 aliphatic heterocycles. The fraction of sp³-hybridized carbons (Fsp3) is 0.111. The maximum atomic E-state index is 11.4. The van der Waals surface area contributed by atoms with E-state index in [0.717, 1.165) is 0 Å². The van der Waals surface area contributed by atoms with Gasteiger partial charge in [0, 0.05) is 10.6 Å². The first-order chi connectivity index (χ1) is 7.82. The van der Waals surface area contributed by atoms with Crippen molar-refractivity contribution in [3.05, 3.63) is 21.8 Å². The van der Waals surface area contributed by atoms with Crippen LogP contribution in [0.3, 0.4) is 0 Å². The Hall–Kier alpha value is 0.150. The van der Waals surface area contributed by atoms with E-state index in [2.05, 4.69) is 5.32 Å². The number of nitrogens with one attached hydrogen (secondary N) is 1. The Morgan fingerprint density at radius 2 is 1.29 bits per heavy atom. The molecule has 0 aliphatic rings. The highest BCUT2D eigenvalue weighted by Gasteiger charge is 2.24. The normalized spacial score (nSPS) is 10.1. The molecule has 1 aromatic carbocycles. The zero-order valence-corrected chi connectivity index (χ0v) is 15.1. The van der Waals surface area contributed by atoms with Crippen LogP contribution in [0.4, 0.5) is 5.69 Å². The van der Waals surface area contributed by atoms with Gasteiger partial charge >= 0.3 is 0 Å². The standard InChI is InChI=1S/C9H8I3N3O2/c1-15-7-5(11)2(8(13)16)4(10)3(6(7)12)9(14)17/h15H,1H3,(H2,13,16)(H2,14,17). The molecule has 0 heterocycles. The van der Waals surface area contributed by atoms with Crippen molar-refractivity contribution in [3.63, 3.8) is 0 Å². The second-order valence-electron chi connectivity index (χ2n) is 3.05. The largest absolute Gasteiger partial charge is 0.386 e. The molecule has 2 amide bonds. The topological polar surface area (TPSA) is 98.2 Å². The lowest BCUT2D eigenvalue weighted by Crippen LogP contribution is -2.23. The summed E-state index contributed by atoms with van der Waals surface area (Å²) in [5.41, 5.74) is 12.0. The average molecular weight is 571 g/mol. The van der Waals surface area contributed by atoms with Crippen LogP contribution >= 0.6 is 67.8 Å². The van der Waals surface area contributed by atoms with Gasteiger partial charge in [-0.15, -0.1) is 0 Å². The molecule has 0 saturated heterocycles. The van der Waals surface area contributed by atoms with Crippen LogP contribution in [0.25, 0.3) is 0 Å². The summed E-state index contributed by atoms with van der Waals surface area (Å²) in [6, 6.07) is 0. The van der Waals surface area contributed by atoms with Crippen LogP contribution in [0, 0.1) is 10.7 Å². The molecule has 1 rings (SSSR count). The maximum Gasteiger partial charge on any atom is 0.250 e. The minimum Gasteiger partial charge on any atom is -0.386 e. The average Bonchev–Trinajstić information content (AvgIpc) is 2.16. The molecule has 5 nitrogen and oxygen atoms in total. The first-order valence-electron chi connectivity index (χ1n) is 4.30. The number of halogens is 3. The third-order valence-electron chi connectivity index (χ3n) is 2.06. The number of primary amides is 2. The predicted octanol–water partition coefficient (Wildman–Crippen LogP) is 1.74. The van der Waals surface area contributed by atoms with Crippen molar-refractivity contribution in [2.24, 2.45) is 11.5 Å². The fourth-order valence-electron chi connectivity index (χ4n) is 1.32. The van der Waals surface area contributed by atoms with E-state index in [1.165, 1.54) is 0 Å². The number of nitrogens with two attached hydrogens (primary N) is 2. The molecule has 0 bridgehead atoms. The van der Waals surface area contributed by atoms with Gasteiger partial charge < -0.3 is 16.8 Å². The molecule has 0 spiro atoms. The number of benzene rings is 1. The molecule has 0 atom stereocenters. The van der Waals surface area contributed by atoms with Gasteiger partial charge in [0.25, 0.3) is 11.8 Å². The van der Waals surface area contributed by atoms with Crippen LogP contribution in [0.1, 0.15) is 20.7 Å². The van der Waals surface area contributed by atoms with E-state index >= 15 is 0 Å². The highest BCUT2D eigenvalue weighted by atomic mass is 127. The second kappa shape index (κ2) is 5.86. The number of rotatable bonds is 3. The lowest BCUT2D eigenvalue weighted by atomic mass is 10.1. The second-order valence-corrected chi connectivity index (χ2v) is 6.28. The number of carbonyl (C=O) groups is 2. The summed E-state index contributed by atoms with van der Waals surface area (Å²) in [4.78, 5) is 22.9. The summed E-state index contributed by atoms with van der Waals surface area (Å²) >= 11 is 5.96. The van der Waals surface area contributed by atoms with Gasteiger partial charge in [0.05, 0.1) is 24.0 Å². The molecule has 5 N–H and O–H groups in total. The Labute approximate surface area is 139 Å². The Morgan fingerprint density at radius 3 is 1.53 bits per heavy atom. The van der Waals surface area contributed by atoms with Gasteiger partial charge in [-0.1, -0.05) is 0 Å². The molecular formula is C9H8I3N3O2. The van der Waals surface area contributed by atoms with Gasteiger partial charge in [-0.2, -0.15) is 0 Å². The zero-order chi connectivity index (χ0) is 13.3. The Morgan fingerprint density at radius 1 is 0.941 bits per heavy atom.